The lowest BCUT2D eigenvalue weighted by atomic mass is 10.1. The standard InChI is InChI=1S/C22H17ClN2O5S/c1-13-17-7-2-3-8-20(17)30-21(13)22(27)24-18-12-16(9-10-19(18)26)31(28,29)25-15-6-4-5-14(23)11-15/h2-12,25-26H,1H3,(H,24,27). The van der Waals surface area contributed by atoms with Gasteiger partial charge in [-0.15, -0.1) is 0 Å². The van der Waals surface area contributed by atoms with E-state index in [0.717, 1.165) is 11.5 Å². The van der Waals surface area contributed by atoms with E-state index < -0.39 is 15.9 Å². The third-order valence-electron chi connectivity index (χ3n) is 4.65. The number of aromatic hydroxyl groups is 1. The zero-order valence-electron chi connectivity index (χ0n) is 16.2. The number of carbonyl (C=O) groups is 1. The summed E-state index contributed by atoms with van der Waals surface area (Å²) in [7, 11) is -3.99. The second kappa shape index (κ2) is 7.98. The van der Waals surface area contributed by atoms with Gasteiger partial charge >= 0.3 is 0 Å². The topological polar surface area (TPSA) is 109 Å². The molecule has 1 amide bonds. The first-order chi connectivity index (χ1) is 14.7. The van der Waals surface area contributed by atoms with Gasteiger partial charge in [-0.05, 0) is 49.4 Å². The third kappa shape index (κ3) is 4.21. The molecule has 4 rings (SSSR count). The minimum atomic E-state index is -3.99. The molecule has 0 aliphatic carbocycles. The number of nitrogens with one attached hydrogen (secondary N) is 2. The summed E-state index contributed by atoms with van der Waals surface area (Å²) in [5.74, 6) is -0.823. The first kappa shape index (κ1) is 20.8. The minimum absolute atomic E-state index is 0.0705. The van der Waals surface area contributed by atoms with Gasteiger partial charge in [-0.2, -0.15) is 0 Å². The lowest BCUT2D eigenvalue weighted by Crippen LogP contribution is -2.15. The van der Waals surface area contributed by atoms with E-state index >= 15 is 0 Å². The highest BCUT2D eigenvalue weighted by atomic mass is 35.5. The molecule has 0 saturated carbocycles. The number of halogens is 1. The van der Waals surface area contributed by atoms with Crippen molar-refractivity contribution < 1.29 is 22.7 Å². The molecule has 3 aromatic carbocycles. The van der Waals surface area contributed by atoms with Crippen LogP contribution in [0.25, 0.3) is 11.0 Å². The van der Waals surface area contributed by atoms with Gasteiger partial charge in [0.25, 0.3) is 15.9 Å². The molecule has 7 nitrogen and oxygen atoms in total. The predicted molar refractivity (Wildman–Crippen MR) is 119 cm³/mol. The van der Waals surface area contributed by atoms with Gasteiger partial charge in [0.2, 0.25) is 0 Å². The van der Waals surface area contributed by atoms with Crippen molar-refractivity contribution in [3.63, 3.8) is 0 Å². The maximum Gasteiger partial charge on any atom is 0.291 e. The van der Waals surface area contributed by atoms with Crippen molar-refractivity contribution in [3.05, 3.63) is 83.1 Å². The molecule has 1 heterocycles. The van der Waals surface area contributed by atoms with E-state index in [1.165, 1.54) is 18.2 Å². The number of hydrogen-bond donors (Lipinski definition) is 3. The van der Waals surface area contributed by atoms with Crippen LogP contribution in [0.2, 0.25) is 5.02 Å². The Morgan fingerprint density at radius 1 is 1.03 bits per heavy atom. The van der Waals surface area contributed by atoms with E-state index in [-0.39, 0.29) is 27.8 Å². The maximum atomic E-state index is 12.8. The van der Waals surface area contributed by atoms with Crippen LogP contribution in [-0.2, 0) is 10.0 Å². The zero-order chi connectivity index (χ0) is 22.2. The van der Waals surface area contributed by atoms with Crippen molar-refractivity contribution in [1.82, 2.24) is 0 Å². The van der Waals surface area contributed by atoms with Gasteiger partial charge in [-0.1, -0.05) is 35.9 Å². The third-order valence-corrected chi connectivity index (χ3v) is 6.27. The molecule has 0 saturated heterocycles. The second-order valence-corrected chi connectivity index (χ2v) is 8.92. The van der Waals surface area contributed by atoms with Gasteiger partial charge in [0, 0.05) is 16.0 Å². The summed E-state index contributed by atoms with van der Waals surface area (Å²) in [4.78, 5) is 12.6. The second-order valence-electron chi connectivity index (χ2n) is 6.80. The van der Waals surface area contributed by atoms with Crippen LogP contribution < -0.4 is 10.0 Å². The molecular weight excluding hydrogens is 440 g/mol. The minimum Gasteiger partial charge on any atom is -0.506 e. The molecule has 0 bridgehead atoms. The number of anilines is 2. The number of aryl methyl sites for hydroxylation is 1. The number of sulfonamides is 1. The van der Waals surface area contributed by atoms with Crippen LogP contribution in [0.4, 0.5) is 11.4 Å². The molecule has 3 N–H and O–H groups in total. The maximum absolute atomic E-state index is 12.8. The van der Waals surface area contributed by atoms with Crippen LogP contribution in [0.15, 0.2) is 76.0 Å². The Morgan fingerprint density at radius 3 is 2.55 bits per heavy atom. The normalized spacial score (nSPS) is 11.4. The smallest absolute Gasteiger partial charge is 0.291 e. The quantitative estimate of drug-likeness (QED) is 0.360. The van der Waals surface area contributed by atoms with Gasteiger partial charge in [-0.25, -0.2) is 8.42 Å². The van der Waals surface area contributed by atoms with Crippen LogP contribution in [-0.4, -0.2) is 19.4 Å². The van der Waals surface area contributed by atoms with Gasteiger partial charge in [-0.3, -0.25) is 9.52 Å². The average Bonchev–Trinajstić information content (AvgIpc) is 3.06. The fraction of sp³-hybridized carbons (Fsp3) is 0.0455. The summed E-state index contributed by atoms with van der Waals surface area (Å²) in [5.41, 5.74) is 1.40. The van der Waals surface area contributed by atoms with Crippen LogP contribution in [0.5, 0.6) is 5.75 Å². The number of fused-ring (bicyclic) bond motifs is 1. The summed E-state index contributed by atoms with van der Waals surface area (Å²) in [6.07, 6.45) is 0. The molecule has 0 radical (unpaired) electrons. The number of para-hydroxylation sites is 1. The Balaban J connectivity index is 1.63. The predicted octanol–water partition coefficient (Wildman–Crippen LogP) is 5.15. The van der Waals surface area contributed by atoms with Crippen LogP contribution >= 0.6 is 11.6 Å². The molecule has 0 fully saturated rings. The number of benzene rings is 3. The molecule has 0 aliphatic heterocycles. The Hall–Kier alpha value is -3.49. The molecule has 0 unspecified atom stereocenters. The highest BCUT2D eigenvalue weighted by molar-refractivity contribution is 7.92. The average molecular weight is 457 g/mol. The largest absolute Gasteiger partial charge is 0.506 e. The fourth-order valence-electron chi connectivity index (χ4n) is 3.12. The molecule has 1 aromatic heterocycles. The van der Waals surface area contributed by atoms with Crippen LogP contribution in [0.1, 0.15) is 16.1 Å². The highest BCUT2D eigenvalue weighted by Crippen LogP contribution is 2.30. The van der Waals surface area contributed by atoms with Crippen molar-refractivity contribution in [3.8, 4) is 5.75 Å². The van der Waals surface area contributed by atoms with E-state index in [0.29, 0.717) is 16.2 Å². The van der Waals surface area contributed by atoms with E-state index in [1.54, 1.807) is 37.3 Å². The van der Waals surface area contributed by atoms with Gasteiger partial charge in [0.1, 0.15) is 11.3 Å². The Bertz CT molecular complexity index is 1410. The number of rotatable bonds is 5. The number of hydrogen-bond acceptors (Lipinski definition) is 5. The summed E-state index contributed by atoms with van der Waals surface area (Å²) in [6.45, 7) is 1.75. The van der Waals surface area contributed by atoms with Crippen molar-refractivity contribution in [2.24, 2.45) is 0 Å². The monoisotopic (exact) mass is 456 g/mol. The molecular formula is C22H17ClN2O5S. The van der Waals surface area contributed by atoms with Crippen molar-refractivity contribution >= 4 is 49.9 Å². The SMILES string of the molecule is Cc1c(C(=O)Nc2cc(S(=O)(=O)Nc3cccc(Cl)c3)ccc2O)oc2ccccc12. The van der Waals surface area contributed by atoms with Crippen molar-refractivity contribution in [2.75, 3.05) is 10.0 Å². The molecule has 9 heteroatoms. The molecule has 0 aliphatic rings. The van der Waals surface area contributed by atoms with E-state index in [1.807, 2.05) is 12.1 Å². The Morgan fingerprint density at radius 2 is 1.81 bits per heavy atom. The number of phenolic OH excluding ortho intramolecular Hbond substituents is 1. The Kier molecular flexibility index (Phi) is 5.34. The summed E-state index contributed by atoms with van der Waals surface area (Å²) < 4.78 is 33.5. The Labute approximate surface area is 183 Å². The lowest BCUT2D eigenvalue weighted by Gasteiger charge is -2.11. The van der Waals surface area contributed by atoms with Crippen LogP contribution in [0.3, 0.4) is 0 Å². The van der Waals surface area contributed by atoms with E-state index in [9.17, 15) is 18.3 Å². The molecule has 0 atom stereocenters. The van der Waals surface area contributed by atoms with Gasteiger partial charge in [0.15, 0.2) is 5.76 Å². The van der Waals surface area contributed by atoms with Crippen molar-refractivity contribution in [2.45, 2.75) is 11.8 Å². The summed E-state index contributed by atoms with van der Waals surface area (Å²) >= 11 is 5.90. The summed E-state index contributed by atoms with van der Waals surface area (Å²) in [5, 5.41) is 13.8. The molecule has 31 heavy (non-hydrogen) atoms. The highest BCUT2D eigenvalue weighted by Gasteiger charge is 2.21. The number of amides is 1. The number of phenols is 1. The van der Waals surface area contributed by atoms with Crippen molar-refractivity contribution in [1.29, 1.82) is 0 Å². The first-order valence-electron chi connectivity index (χ1n) is 9.15. The number of carbonyl (C=O) groups excluding carboxylic acids is 1. The van der Waals surface area contributed by atoms with E-state index in [2.05, 4.69) is 10.0 Å². The summed E-state index contributed by atoms with van der Waals surface area (Å²) in [6, 6.07) is 17.0. The van der Waals surface area contributed by atoms with E-state index in [4.69, 9.17) is 16.0 Å². The number of furan rings is 1. The van der Waals surface area contributed by atoms with Gasteiger partial charge in [0.05, 0.1) is 16.3 Å². The molecule has 158 valence electrons. The molecule has 4 aromatic rings. The van der Waals surface area contributed by atoms with Crippen LogP contribution in [0, 0.1) is 6.92 Å². The lowest BCUT2D eigenvalue weighted by molar-refractivity contribution is 0.0997. The molecule has 0 spiro atoms. The first-order valence-corrected chi connectivity index (χ1v) is 11.0. The van der Waals surface area contributed by atoms with Gasteiger partial charge < -0.3 is 14.8 Å². The fourth-order valence-corrected chi connectivity index (χ4v) is 4.38. The zero-order valence-corrected chi connectivity index (χ0v) is 17.8.